The Bertz CT molecular complexity index is 366. The maximum Gasteiger partial charge on any atom is 0.322 e. The summed E-state index contributed by atoms with van der Waals surface area (Å²) in [6, 6.07) is 6.11. The van der Waals surface area contributed by atoms with Crippen LogP contribution in [-0.2, 0) is 4.79 Å². The molecular formula is C11H13ClO2S. The number of hydrogen-bond donors (Lipinski definition) is 1. The summed E-state index contributed by atoms with van der Waals surface area (Å²) in [5.74, 6) is -0.573. The van der Waals surface area contributed by atoms with Gasteiger partial charge in [-0.3, -0.25) is 4.79 Å². The molecule has 0 aliphatic carbocycles. The standard InChI is InChI=1S/C11H13ClO2S/c1-7-3-4-8(2)10(5-7)15-6-9(12)11(13)14/h3-5,9H,6H2,1-2H3,(H,13,14). The van der Waals surface area contributed by atoms with Gasteiger partial charge >= 0.3 is 5.97 Å². The second-order valence-electron chi connectivity index (χ2n) is 3.39. The van der Waals surface area contributed by atoms with E-state index in [0.717, 1.165) is 10.5 Å². The van der Waals surface area contributed by atoms with Crippen LogP contribution in [0.5, 0.6) is 0 Å². The zero-order chi connectivity index (χ0) is 11.4. The Balaban J connectivity index is 2.65. The van der Waals surface area contributed by atoms with E-state index >= 15 is 0 Å². The summed E-state index contributed by atoms with van der Waals surface area (Å²) in [5.41, 5.74) is 2.32. The van der Waals surface area contributed by atoms with Crippen LogP contribution in [0.25, 0.3) is 0 Å². The Morgan fingerprint density at radius 2 is 2.20 bits per heavy atom. The second kappa shape index (κ2) is 5.42. The fourth-order valence-corrected chi connectivity index (χ4v) is 2.32. The van der Waals surface area contributed by atoms with Gasteiger partial charge in [-0.05, 0) is 25.5 Å². The molecule has 82 valence electrons. The van der Waals surface area contributed by atoms with Gasteiger partial charge in [-0.2, -0.15) is 0 Å². The van der Waals surface area contributed by atoms with Gasteiger partial charge in [-0.25, -0.2) is 0 Å². The molecule has 1 aromatic carbocycles. The van der Waals surface area contributed by atoms with Crippen molar-refractivity contribution in [3.8, 4) is 0 Å². The average molecular weight is 245 g/mol. The predicted molar refractivity (Wildman–Crippen MR) is 63.9 cm³/mol. The Labute approximate surface area is 98.6 Å². The lowest BCUT2D eigenvalue weighted by molar-refractivity contribution is -0.136. The van der Waals surface area contributed by atoms with E-state index in [1.807, 2.05) is 32.0 Å². The zero-order valence-electron chi connectivity index (χ0n) is 8.66. The van der Waals surface area contributed by atoms with Crippen molar-refractivity contribution in [3.63, 3.8) is 0 Å². The minimum Gasteiger partial charge on any atom is -0.480 e. The Morgan fingerprint density at radius 3 is 2.80 bits per heavy atom. The molecule has 0 heterocycles. The molecule has 1 atom stereocenters. The Kier molecular flexibility index (Phi) is 4.48. The normalized spacial score (nSPS) is 12.5. The van der Waals surface area contributed by atoms with Crippen molar-refractivity contribution >= 4 is 29.3 Å². The number of rotatable bonds is 4. The van der Waals surface area contributed by atoms with Crippen LogP contribution in [0.3, 0.4) is 0 Å². The van der Waals surface area contributed by atoms with Crippen molar-refractivity contribution in [2.24, 2.45) is 0 Å². The van der Waals surface area contributed by atoms with E-state index in [0.29, 0.717) is 5.75 Å². The van der Waals surface area contributed by atoms with E-state index in [-0.39, 0.29) is 0 Å². The molecule has 0 radical (unpaired) electrons. The predicted octanol–water partition coefficient (Wildman–Crippen LogP) is 3.09. The number of aliphatic carboxylic acids is 1. The molecule has 4 heteroatoms. The first-order valence-corrected chi connectivity index (χ1v) is 6.00. The number of carboxylic acids is 1. The van der Waals surface area contributed by atoms with Crippen LogP contribution in [0.4, 0.5) is 0 Å². The molecule has 0 aromatic heterocycles. The van der Waals surface area contributed by atoms with Crippen molar-refractivity contribution in [2.75, 3.05) is 5.75 Å². The van der Waals surface area contributed by atoms with E-state index in [4.69, 9.17) is 16.7 Å². The van der Waals surface area contributed by atoms with E-state index in [2.05, 4.69) is 0 Å². The van der Waals surface area contributed by atoms with Crippen LogP contribution >= 0.6 is 23.4 Å². The molecule has 0 aliphatic rings. The lowest BCUT2D eigenvalue weighted by Crippen LogP contribution is -2.15. The molecule has 1 unspecified atom stereocenters. The molecule has 1 aromatic rings. The average Bonchev–Trinajstić information content (AvgIpc) is 2.18. The highest BCUT2D eigenvalue weighted by molar-refractivity contribution is 7.99. The van der Waals surface area contributed by atoms with Gasteiger partial charge in [0.25, 0.3) is 0 Å². The summed E-state index contributed by atoms with van der Waals surface area (Å²) in [6.07, 6.45) is 0. The van der Waals surface area contributed by atoms with Crippen molar-refractivity contribution in [2.45, 2.75) is 24.1 Å². The SMILES string of the molecule is Cc1ccc(C)c(SCC(Cl)C(=O)O)c1. The maximum atomic E-state index is 10.5. The zero-order valence-corrected chi connectivity index (χ0v) is 10.2. The second-order valence-corrected chi connectivity index (χ2v) is 4.97. The summed E-state index contributed by atoms with van der Waals surface area (Å²) < 4.78 is 0. The number of halogens is 1. The first kappa shape index (κ1) is 12.4. The third kappa shape index (κ3) is 3.76. The third-order valence-electron chi connectivity index (χ3n) is 2.00. The van der Waals surface area contributed by atoms with E-state index in [9.17, 15) is 4.79 Å². The van der Waals surface area contributed by atoms with Crippen LogP contribution in [-0.4, -0.2) is 22.2 Å². The van der Waals surface area contributed by atoms with Crippen molar-refractivity contribution < 1.29 is 9.90 Å². The molecule has 0 saturated heterocycles. The number of aryl methyl sites for hydroxylation is 2. The van der Waals surface area contributed by atoms with E-state index < -0.39 is 11.3 Å². The highest BCUT2D eigenvalue weighted by atomic mass is 35.5. The minimum absolute atomic E-state index is 0.390. The number of carbonyl (C=O) groups is 1. The van der Waals surface area contributed by atoms with Gasteiger partial charge in [-0.1, -0.05) is 17.7 Å². The van der Waals surface area contributed by atoms with Crippen molar-refractivity contribution in [3.05, 3.63) is 29.3 Å². The molecule has 0 spiro atoms. The fourth-order valence-electron chi connectivity index (χ4n) is 1.10. The topological polar surface area (TPSA) is 37.3 Å². The monoisotopic (exact) mass is 244 g/mol. The lowest BCUT2D eigenvalue weighted by Gasteiger charge is -2.07. The van der Waals surface area contributed by atoms with Crippen LogP contribution in [0.15, 0.2) is 23.1 Å². The Morgan fingerprint density at radius 1 is 1.53 bits per heavy atom. The van der Waals surface area contributed by atoms with Crippen molar-refractivity contribution in [1.82, 2.24) is 0 Å². The fraction of sp³-hybridized carbons (Fsp3) is 0.364. The van der Waals surface area contributed by atoms with Crippen LogP contribution in [0, 0.1) is 13.8 Å². The van der Waals surface area contributed by atoms with Crippen LogP contribution < -0.4 is 0 Å². The number of alkyl halides is 1. The molecule has 15 heavy (non-hydrogen) atoms. The number of benzene rings is 1. The molecule has 0 saturated carbocycles. The number of thioether (sulfide) groups is 1. The molecule has 2 nitrogen and oxygen atoms in total. The summed E-state index contributed by atoms with van der Waals surface area (Å²) in [4.78, 5) is 11.6. The van der Waals surface area contributed by atoms with E-state index in [1.54, 1.807) is 0 Å². The van der Waals surface area contributed by atoms with E-state index in [1.165, 1.54) is 17.3 Å². The lowest BCUT2D eigenvalue weighted by atomic mass is 10.2. The highest BCUT2D eigenvalue weighted by Gasteiger charge is 2.14. The van der Waals surface area contributed by atoms with Gasteiger partial charge in [-0.15, -0.1) is 23.4 Å². The van der Waals surface area contributed by atoms with Gasteiger partial charge in [0.1, 0.15) is 5.38 Å². The van der Waals surface area contributed by atoms with Gasteiger partial charge in [0.15, 0.2) is 0 Å². The third-order valence-corrected chi connectivity index (χ3v) is 3.77. The number of hydrogen-bond acceptors (Lipinski definition) is 2. The van der Waals surface area contributed by atoms with Crippen molar-refractivity contribution in [1.29, 1.82) is 0 Å². The Hall–Kier alpha value is -0.670. The van der Waals surface area contributed by atoms with Crippen LogP contribution in [0.1, 0.15) is 11.1 Å². The quantitative estimate of drug-likeness (QED) is 0.653. The summed E-state index contributed by atoms with van der Waals surface area (Å²) >= 11 is 7.12. The first-order chi connectivity index (χ1) is 7.00. The summed E-state index contributed by atoms with van der Waals surface area (Å²) in [5, 5.41) is 7.81. The molecular weight excluding hydrogens is 232 g/mol. The first-order valence-electron chi connectivity index (χ1n) is 4.57. The van der Waals surface area contributed by atoms with Crippen LogP contribution in [0.2, 0.25) is 0 Å². The number of carboxylic acid groups (broad SMARTS) is 1. The molecule has 1 rings (SSSR count). The minimum atomic E-state index is -0.963. The van der Waals surface area contributed by atoms with Gasteiger partial charge < -0.3 is 5.11 Å². The largest absolute Gasteiger partial charge is 0.480 e. The molecule has 0 bridgehead atoms. The summed E-state index contributed by atoms with van der Waals surface area (Å²) in [7, 11) is 0. The van der Waals surface area contributed by atoms with Gasteiger partial charge in [0, 0.05) is 10.6 Å². The van der Waals surface area contributed by atoms with Gasteiger partial charge in [0.2, 0.25) is 0 Å². The highest BCUT2D eigenvalue weighted by Crippen LogP contribution is 2.25. The molecule has 0 fully saturated rings. The molecule has 0 amide bonds. The molecule has 1 N–H and O–H groups in total. The smallest absolute Gasteiger partial charge is 0.322 e. The summed E-state index contributed by atoms with van der Waals surface area (Å²) in [6.45, 7) is 4.02. The van der Waals surface area contributed by atoms with Gasteiger partial charge in [0.05, 0.1) is 0 Å². The molecule has 0 aliphatic heterocycles. The maximum absolute atomic E-state index is 10.5.